The predicted octanol–water partition coefficient (Wildman–Crippen LogP) is 3.62. The molecule has 0 atom stereocenters. The van der Waals surface area contributed by atoms with Gasteiger partial charge in [0.05, 0.1) is 11.9 Å². The van der Waals surface area contributed by atoms with Crippen LogP contribution in [-0.4, -0.2) is 15.6 Å². The van der Waals surface area contributed by atoms with Gasteiger partial charge >= 0.3 is 0 Å². The van der Waals surface area contributed by atoms with E-state index in [4.69, 9.17) is 11.6 Å². The van der Waals surface area contributed by atoms with Gasteiger partial charge in [-0.2, -0.15) is 0 Å². The van der Waals surface area contributed by atoms with Crippen molar-refractivity contribution in [2.75, 3.05) is 0 Å². The van der Waals surface area contributed by atoms with Gasteiger partial charge in [0.15, 0.2) is 0 Å². The van der Waals surface area contributed by atoms with Crippen LogP contribution in [0.5, 0.6) is 0 Å². The predicted molar refractivity (Wildman–Crippen MR) is 84.1 cm³/mol. The van der Waals surface area contributed by atoms with Crippen LogP contribution in [0.2, 0.25) is 5.15 Å². The van der Waals surface area contributed by atoms with Gasteiger partial charge in [-0.15, -0.1) is 11.8 Å². The quantitative estimate of drug-likeness (QED) is 0.827. The molecule has 1 heterocycles. The van der Waals surface area contributed by atoms with E-state index in [0.29, 0.717) is 5.15 Å². The Hall–Kier alpha value is -0.970. The lowest BCUT2D eigenvalue weighted by molar-refractivity contribution is 0.687. The third-order valence-corrected chi connectivity index (χ3v) is 4.85. The molecular weight excluding hydrogens is 290 g/mol. The van der Waals surface area contributed by atoms with Gasteiger partial charge in [-0.05, 0) is 30.5 Å². The molecule has 0 bridgehead atoms. The molecule has 1 aliphatic rings. The van der Waals surface area contributed by atoms with Gasteiger partial charge in [-0.25, -0.2) is 4.98 Å². The molecule has 0 unspecified atom stereocenters. The summed E-state index contributed by atoms with van der Waals surface area (Å²) in [6.07, 6.45) is 4.37. The van der Waals surface area contributed by atoms with Gasteiger partial charge < -0.3 is 9.88 Å². The Balaban J connectivity index is 1.53. The lowest BCUT2D eigenvalue weighted by atomic mass is 10.2. The summed E-state index contributed by atoms with van der Waals surface area (Å²) >= 11 is 7.77. The van der Waals surface area contributed by atoms with Crippen molar-refractivity contribution in [3.63, 3.8) is 0 Å². The second-order valence-electron chi connectivity index (χ2n) is 5.14. The highest BCUT2D eigenvalue weighted by atomic mass is 35.5. The summed E-state index contributed by atoms with van der Waals surface area (Å²) in [7, 11) is 1.94. The number of hydrogen-bond acceptors (Lipinski definition) is 3. The standard InChI is InChI=1S/C15H18ClN3S/c1-19-14(16)9-18-15(19)10-20-13-6-2-11(3-7-13)8-17-12-4-5-12/h2-3,6-7,9,12,17H,4-5,8,10H2,1H3. The molecule has 2 aromatic rings. The Morgan fingerprint density at radius 3 is 2.70 bits per heavy atom. The maximum atomic E-state index is 5.98. The fourth-order valence-corrected chi connectivity index (χ4v) is 3.00. The number of thioether (sulfide) groups is 1. The van der Waals surface area contributed by atoms with Crippen molar-refractivity contribution in [2.24, 2.45) is 7.05 Å². The Kier molecular flexibility index (Phi) is 4.34. The summed E-state index contributed by atoms with van der Waals surface area (Å²) in [6, 6.07) is 9.52. The maximum absolute atomic E-state index is 5.98. The Bertz CT molecular complexity index is 575. The minimum absolute atomic E-state index is 0.682. The number of nitrogens with zero attached hydrogens (tertiary/aromatic N) is 2. The van der Waals surface area contributed by atoms with E-state index < -0.39 is 0 Å². The number of imidazole rings is 1. The topological polar surface area (TPSA) is 29.9 Å². The first-order chi connectivity index (χ1) is 9.72. The lowest BCUT2D eigenvalue weighted by Gasteiger charge is -2.06. The zero-order valence-corrected chi connectivity index (χ0v) is 13.0. The van der Waals surface area contributed by atoms with Crippen LogP contribution in [0.1, 0.15) is 24.2 Å². The highest BCUT2D eigenvalue weighted by Crippen LogP contribution is 2.24. The molecule has 1 aliphatic carbocycles. The second-order valence-corrected chi connectivity index (χ2v) is 6.58. The van der Waals surface area contributed by atoms with Crippen molar-refractivity contribution in [3.8, 4) is 0 Å². The first-order valence-corrected chi connectivity index (χ1v) is 8.20. The first kappa shape index (κ1) is 14.0. The zero-order chi connectivity index (χ0) is 13.9. The number of hydrogen-bond donors (Lipinski definition) is 1. The van der Waals surface area contributed by atoms with Crippen LogP contribution in [-0.2, 0) is 19.3 Å². The van der Waals surface area contributed by atoms with Crippen molar-refractivity contribution in [3.05, 3.63) is 47.0 Å². The highest BCUT2D eigenvalue weighted by Gasteiger charge is 2.19. The van der Waals surface area contributed by atoms with E-state index in [1.807, 2.05) is 11.6 Å². The number of nitrogens with one attached hydrogen (secondary N) is 1. The Morgan fingerprint density at radius 2 is 2.10 bits per heavy atom. The molecule has 0 aliphatic heterocycles. The zero-order valence-electron chi connectivity index (χ0n) is 11.5. The summed E-state index contributed by atoms with van der Waals surface area (Å²) in [5, 5.41) is 4.21. The number of halogens is 1. The molecule has 1 aromatic carbocycles. The molecule has 3 rings (SSSR count). The molecule has 0 spiro atoms. The highest BCUT2D eigenvalue weighted by molar-refractivity contribution is 7.98. The molecule has 5 heteroatoms. The van der Waals surface area contributed by atoms with Crippen molar-refractivity contribution < 1.29 is 0 Å². The van der Waals surface area contributed by atoms with E-state index in [0.717, 1.165) is 24.2 Å². The van der Waals surface area contributed by atoms with E-state index in [1.165, 1.54) is 23.3 Å². The fourth-order valence-electron chi connectivity index (χ4n) is 1.96. The van der Waals surface area contributed by atoms with Gasteiger partial charge in [0.25, 0.3) is 0 Å². The van der Waals surface area contributed by atoms with E-state index in [1.54, 1.807) is 18.0 Å². The van der Waals surface area contributed by atoms with Crippen LogP contribution in [0.25, 0.3) is 0 Å². The van der Waals surface area contributed by atoms with Crippen LogP contribution in [0.4, 0.5) is 0 Å². The average Bonchev–Trinajstić information content (AvgIpc) is 3.24. The van der Waals surface area contributed by atoms with Crippen molar-refractivity contribution >= 4 is 23.4 Å². The molecule has 106 valence electrons. The van der Waals surface area contributed by atoms with Crippen molar-refractivity contribution in [1.82, 2.24) is 14.9 Å². The summed E-state index contributed by atoms with van der Waals surface area (Å²) in [4.78, 5) is 5.57. The largest absolute Gasteiger partial charge is 0.322 e. The number of rotatable bonds is 6. The molecule has 0 saturated heterocycles. The van der Waals surface area contributed by atoms with Gasteiger partial charge in [-0.3, -0.25) is 0 Å². The van der Waals surface area contributed by atoms with Gasteiger partial charge in [0, 0.05) is 24.5 Å². The molecule has 1 fully saturated rings. The molecule has 0 radical (unpaired) electrons. The maximum Gasteiger partial charge on any atom is 0.128 e. The van der Waals surface area contributed by atoms with Crippen molar-refractivity contribution in [2.45, 2.75) is 36.1 Å². The number of aromatic nitrogens is 2. The normalized spacial score (nSPS) is 14.7. The summed E-state index contributed by atoms with van der Waals surface area (Å²) in [6.45, 7) is 0.977. The van der Waals surface area contributed by atoms with E-state index in [-0.39, 0.29) is 0 Å². The molecule has 1 N–H and O–H groups in total. The molecule has 1 aromatic heterocycles. The molecule has 3 nitrogen and oxygen atoms in total. The monoisotopic (exact) mass is 307 g/mol. The second kappa shape index (κ2) is 6.20. The third kappa shape index (κ3) is 3.57. The van der Waals surface area contributed by atoms with Gasteiger partial charge in [-0.1, -0.05) is 23.7 Å². The molecule has 1 saturated carbocycles. The van der Waals surface area contributed by atoms with Crippen LogP contribution >= 0.6 is 23.4 Å². The molecule has 0 amide bonds. The Morgan fingerprint density at radius 1 is 1.35 bits per heavy atom. The van der Waals surface area contributed by atoms with Crippen LogP contribution in [0, 0.1) is 0 Å². The molecule has 20 heavy (non-hydrogen) atoms. The van der Waals surface area contributed by atoms with Crippen molar-refractivity contribution in [1.29, 1.82) is 0 Å². The average molecular weight is 308 g/mol. The summed E-state index contributed by atoms with van der Waals surface area (Å²) in [5.41, 5.74) is 1.35. The smallest absolute Gasteiger partial charge is 0.128 e. The fraction of sp³-hybridized carbons (Fsp3) is 0.400. The SMILES string of the molecule is Cn1c(Cl)cnc1CSc1ccc(CNC2CC2)cc1. The van der Waals surface area contributed by atoms with Crippen LogP contribution in [0.3, 0.4) is 0 Å². The first-order valence-electron chi connectivity index (χ1n) is 6.83. The third-order valence-electron chi connectivity index (χ3n) is 3.49. The lowest BCUT2D eigenvalue weighted by Crippen LogP contribution is -2.14. The molecular formula is C15H18ClN3S. The van der Waals surface area contributed by atoms with Gasteiger partial charge in [0.1, 0.15) is 11.0 Å². The minimum atomic E-state index is 0.682. The van der Waals surface area contributed by atoms with E-state index in [9.17, 15) is 0 Å². The van der Waals surface area contributed by atoms with Gasteiger partial charge in [0.2, 0.25) is 0 Å². The minimum Gasteiger partial charge on any atom is -0.322 e. The number of benzene rings is 1. The summed E-state index contributed by atoms with van der Waals surface area (Å²) in [5.74, 6) is 1.84. The van der Waals surface area contributed by atoms with Crippen LogP contribution in [0.15, 0.2) is 35.4 Å². The van der Waals surface area contributed by atoms with E-state index in [2.05, 4.69) is 34.6 Å². The van der Waals surface area contributed by atoms with E-state index >= 15 is 0 Å². The Labute approximate surface area is 128 Å². The summed E-state index contributed by atoms with van der Waals surface area (Å²) < 4.78 is 1.92. The van der Waals surface area contributed by atoms with Crippen LogP contribution < -0.4 is 5.32 Å².